The molecule has 0 aromatic heterocycles. The zero-order chi connectivity index (χ0) is 10.5. The van der Waals surface area contributed by atoms with E-state index in [0.29, 0.717) is 32.3 Å². The predicted molar refractivity (Wildman–Crippen MR) is 59.0 cm³/mol. The summed E-state index contributed by atoms with van der Waals surface area (Å²) in [6.07, 6.45) is 5.11. The summed E-state index contributed by atoms with van der Waals surface area (Å²) >= 11 is 0. The second kappa shape index (κ2) is 5.47. The second-order valence-electron chi connectivity index (χ2n) is 4.31. The molecule has 0 aromatic carbocycles. The minimum atomic E-state index is 0.110. The second-order valence-corrected chi connectivity index (χ2v) is 4.31. The molecular weight excluding hydrogens is 192 g/mol. The Balaban J connectivity index is 1.76. The van der Waals surface area contributed by atoms with Gasteiger partial charge in [0.2, 0.25) is 0 Å². The maximum absolute atomic E-state index is 5.95. The van der Waals surface area contributed by atoms with Crippen molar-refractivity contribution in [1.82, 2.24) is 0 Å². The van der Waals surface area contributed by atoms with Crippen LogP contribution in [0.5, 0.6) is 0 Å². The summed E-state index contributed by atoms with van der Waals surface area (Å²) in [5.41, 5.74) is 5.95. The van der Waals surface area contributed by atoms with Gasteiger partial charge in [0.05, 0.1) is 32.2 Å². The molecule has 86 valence electrons. The van der Waals surface area contributed by atoms with Gasteiger partial charge >= 0.3 is 0 Å². The normalized spacial score (nSPS) is 29.6. The van der Waals surface area contributed by atoms with Crippen LogP contribution in [-0.4, -0.2) is 38.3 Å². The third kappa shape index (κ3) is 3.18. The van der Waals surface area contributed by atoms with E-state index >= 15 is 0 Å². The summed E-state index contributed by atoms with van der Waals surface area (Å²) < 4.78 is 10.8. The van der Waals surface area contributed by atoms with Crippen LogP contribution in [0.3, 0.4) is 0 Å². The minimum absolute atomic E-state index is 0.110. The van der Waals surface area contributed by atoms with Crippen LogP contribution in [-0.2, 0) is 9.47 Å². The quantitative estimate of drug-likeness (QED) is 0.559. The number of nitrogens with two attached hydrogens (primary N) is 1. The molecule has 0 bridgehead atoms. The van der Waals surface area contributed by atoms with Gasteiger partial charge in [-0.15, -0.1) is 0 Å². The first-order valence-electron chi connectivity index (χ1n) is 5.85. The molecule has 1 atom stereocenters. The maximum atomic E-state index is 5.95. The lowest BCUT2D eigenvalue weighted by Gasteiger charge is -2.21. The first kappa shape index (κ1) is 10.9. The number of aliphatic imine (C=N–C) groups is 1. The van der Waals surface area contributed by atoms with Crippen molar-refractivity contribution in [3.8, 4) is 0 Å². The van der Waals surface area contributed by atoms with Gasteiger partial charge in [0.15, 0.2) is 0 Å². The average Bonchev–Trinajstić information content (AvgIpc) is 2.81. The van der Waals surface area contributed by atoms with Gasteiger partial charge in [0.1, 0.15) is 6.10 Å². The van der Waals surface area contributed by atoms with Crippen molar-refractivity contribution in [2.45, 2.75) is 31.8 Å². The Morgan fingerprint density at radius 1 is 1.27 bits per heavy atom. The van der Waals surface area contributed by atoms with Crippen molar-refractivity contribution < 1.29 is 9.47 Å². The number of ether oxygens (including phenoxy) is 2. The Bertz CT molecular complexity index is 219. The average molecular weight is 212 g/mol. The van der Waals surface area contributed by atoms with E-state index in [9.17, 15) is 0 Å². The summed E-state index contributed by atoms with van der Waals surface area (Å²) in [7, 11) is 0. The van der Waals surface area contributed by atoms with Crippen LogP contribution in [0.15, 0.2) is 4.99 Å². The largest absolute Gasteiger partial charge is 0.387 e. The Morgan fingerprint density at radius 3 is 2.73 bits per heavy atom. The first-order valence-corrected chi connectivity index (χ1v) is 5.85. The fourth-order valence-electron chi connectivity index (χ4n) is 2.20. The van der Waals surface area contributed by atoms with E-state index in [1.807, 2.05) is 0 Å². The molecular formula is C11H20N2O2. The Kier molecular flexibility index (Phi) is 3.97. The van der Waals surface area contributed by atoms with E-state index in [1.165, 1.54) is 25.7 Å². The van der Waals surface area contributed by atoms with Crippen LogP contribution >= 0.6 is 0 Å². The van der Waals surface area contributed by atoms with Crippen molar-refractivity contribution in [2.24, 2.45) is 16.6 Å². The van der Waals surface area contributed by atoms with Crippen LogP contribution in [0.4, 0.5) is 0 Å². The van der Waals surface area contributed by atoms with Crippen molar-refractivity contribution in [3.05, 3.63) is 0 Å². The van der Waals surface area contributed by atoms with Crippen molar-refractivity contribution >= 4 is 5.84 Å². The fraction of sp³-hybridized carbons (Fsp3) is 0.909. The zero-order valence-corrected chi connectivity index (χ0v) is 9.15. The van der Waals surface area contributed by atoms with E-state index < -0.39 is 0 Å². The molecule has 1 heterocycles. The molecule has 1 saturated carbocycles. The summed E-state index contributed by atoms with van der Waals surface area (Å²) in [6.45, 7) is 2.70. The molecule has 0 spiro atoms. The predicted octanol–water partition coefficient (Wildman–Crippen LogP) is 0.949. The van der Waals surface area contributed by atoms with Crippen LogP contribution in [0.25, 0.3) is 0 Å². The van der Waals surface area contributed by atoms with Gasteiger partial charge in [-0.05, 0) is 12.8 Å². The lowest BCUT2D eigenvalue weighted by atomic mass is 10.1. The van der Waals surface area contributed by atoms with Crippen LogP contribution in [0, 0.1) is 5.92 Å². The molecule has 0 aromatic rings. The van der Waals surface area contributed by atoms with Gasteiger partial charge in [-0.2, -0.15) is 0 Å². The third-order valence-electron chi connectivity index (χ3n) is 3.14. The molecule has 0 amide bonds. The summed E-state index contributed by atoms with van der Waals surface area (Å²) in [6, 6.07) is 0. The summed E-state index contributed by atoms with van der Waals surface area (Å²) in [5, 5.41) is 0. The molecule has 2 fully saturated rings. The smallest absolute Gasteiger partial charge is 0.100 e. The van der Waals surface area contributed by atoms with E-state index in [2.05, 4.69) is 4.99 Å². The SMILES string of the molecule is NC(=NCC1COCCO1)C1CCCC1. The molecule has 2 N–H and O–H groups in total. The van der Waals surface area contributed by atoms with Gasteiger partial charge < -0.3 is 15.2 Å². The maximum Gasteiger partial charge on any atom is 0.100 e. The number of amidine groups is 1. The molecule has 1 unspecified atom stereocenters. The van der Waals surface area contributed by atoms with Gasteiger partial charge in [-0.25, -0.2) is 0 Å². The highest BCUT2D eigenvalue weighted by Gasteiger charge is 2.19. The van der Waals surface area contributed by atoms with E-state index in [-0.39, 0.29) is 6.10 Å². The van der Waals surface area contributed by atoms with E-state index in [0.717, 1.165) is 5.84 Å². The molecule has 1 aliphatic carbocycles. The Labute approximate surface area is 90.8 Å². The Morgan fingerprint density at radius 2 is 2.07 bits per heavy atom. The highest BCUT2D eigenvalue weighted by Crippen LogP contribution is 2.24. The highest BCUT2D eigenvalue weighted by atomic mass is 16.6. The van der Waals surface area contributed by atoms with Crippen LogP contribution in [0.2, 0.25) is 0 Å². The molecule has 1 aliphatic heterocycles. The number of rotatable bonds is 3. The highest BCUT2D eigenvalue weighted by molar-refractivity contribution is 5.83. The van der Waals surface area contributed by atoms with E-state index in [1.54, 1.807) is 0 Å². The first-order chi connectivity index (χ1) is 7.36. The van der Waals surface area contributed by atoms with Gasteiger partial charge in [0, 0.05) is 5.92 Å². The molecule has 0 radical (unpaired) electrons. The molecule has 2 aliphatic rings. The van der Waals surface area contributed by atoms with Gasteiger partial charge in [0.25, 0.3) is 0 Å². The molecule has 2 rings (SSSR count). The fourth-order valence-corrected chi connectivity index (χ4v) is 2.20. The Hall–Kier alpha value is -0.610. The molecule has 15 heavy (non-hydrogen) atoms. The van der Waals surface area contributed by atoms with Crippen LogP contribution < -0.4 is 5.73 Å². The van der Waals surface area contributed by atoms with Gasteiger partial charge in [-0.1, -0.05) is 12.8 Å². The van der Waals surface area contributed by atoms with Crippen molar-refractivity contribution in [2.75, 3.05) is 26.4 Å². The minimum Gasteiger partial charge on any atom is -0.387 e. The lowest BCUT2D eigenvalue weighted by molar-refractivity contribution is -0.0832. The number of hydrogen-bond donors (Lipinski definition) is 1. The van der Waals surface area contributed by atoms with Crippen molar-refractivity contribution in [1.29, 1.82) is 0 Å². The zero-order valence-electron chi connectivity index (χ0n) is 9.15. The van der Waals surface area contributed by atoms with Gasteiger partial charge in [-0.3, -0.25) is 4.99 Å². The van der Waals surface area contributed by atoms with E-state index in [4.69, 9.17) is 15.2 Å². The number of hydrogen-bond acceptors (Lipinski definition) is 3. The molecule has 4 heteroatoms. The molecule has 4 nitrogen and oxygen atoms in total. The summed E-state index contributed by atoms with van der Waals surface area (Å²) in [5.74, 6) is 1.34. The topological polar surface area (TPSA) is 56.8 Å². The standard InChI is InChI=1S/C11H20N2O2/c12-11(9-3-1-2-4-9)13-7-10-8-14-5-6-15-10/h9-10H,1-8H2,(H2,12,13). The molecule has 1 saturated heterocycles. The van der Waals surface area contributed by atoms with Crippen molar-refractivity contribution in [3.63, 3.8) is 0 Å². The number of nitrogens with zero attached hydrogens (tertiary/aromatic N) is 1. The summed E-state index contributed by atoms with van der Waals surface area (Å²) in [4.78, 5) is 4.42. The lowest BCUT2D eigenvalue weighted by Crippen LogP contribution is -2.32. The van der Waals surface area contributed by atoms with Crippen LogP contribution in [0.1, 0.15) is 25.7 Å². The monoisotopic (exact) mass is 212 g/mol. The third-order valence-corrected chi connectivity index (χ3v) is 3.14.